The molecule has 236 valence electrons. The lowest BCUT2D eigenvalue weighted by atomic mass is 10.0. The van der Waals surface area contributed by atoms with Crippen molar-refractivity contribution < 1.29 is 9.18 Å². The molecule has 1 aromatic carbocycles. The Kier molecular flexibility index (Phi) is 12.4. The fourth-order valence-corrected chi connectivity index (χ4v) is 7.29. The van der Waals surface area contributed by atoms with E-state index in [9.17, 15) is 19.2 Å². The zero-order chi connectivity index (χ0) is 31.6. The Bertz CT molecular complexity index is 1460. The number of piperazine rings is 1. The first-order chi connectivity index (χ1) is 21.3. The molecule has 4 rings (SSSR count). The Balaban J connectivity index is 1.45. The van der Waals surface area contributed by atoms with Crippen molar-refractivity contribution in [3.05, 3.63) is 62.0 Å². The molecule has 1 aromatic heterocycles. The molecule has 1 amide bonds. The minimum atomic E-state index is -0.355. The number of unbranched alkanes of at least 4 members (excludes halogenated alkanes) is 9. The van der Waals surface area contributed by atoms with Gasteiger partial charge in [0.15, 0.2) is 0 Å². The summed E-state index contributed by atoms with van der Waals surface area (Å²) in [6, 6.07) is 8.54. The molecule has 0 aliphatic carbocycles. The monoisotopic (exact) mass is 637 g/mol. The van der Waals surface area contributed by atoms with E-state index >= 15 is 0 Å². The van der Waals surface area contributed by atoms with E-state index in [4.69, 9.17) is 12.2 Å². The summed E-state index contributed by atoms with van der Waals surface area (Å²) in [7, 11) is 1.68. The highest BCUT2D eigenvalue weighted by molar-refractivity contribution is 8.26. The van der Waals surface area contributed by atoms with Crippen molar-refractivity contribution in [2.45, 2.75) is 78.1 Å². The van der Waals surface area contributed by atoms with Crippen molar-refractivity contribution in [1.82, 2.24) is 9.47 Å². The smallest absolute Gasteiger partial charge is 0.270 e. The van der Waals surface area contributed by atoms with E-state index in [1.165, 1.54) is 79.8 Å². The van der Waals surface area contributed by atoms with Crippen LogP contribution in [0.4, 0.5) is 15.9 Å². The molecule has 0 spiro atoms. The van der Waals surface area contributed by atoms with Crippen molar-refractivity contribution in [2.24, 2.45) is 7.05 Å². The summed E-state index contributed by atoms with van der Waals surface area (Å²) in [5.74, 6) is 0.300. The van der Waals surface area contributed by atoms with E-state index in [2.05, 4.69) is 22.8 Å². The van der Waals surface area contributed by atoms with Gasteiger partial charge in [0.2, 0.25) is 0 Å². The zero-order valence-corrected chi connectivity index (χ0v) is 27.9. The first-order valence-corrected chi connectivity index (χ1v) is 17.1. The molecule has 2 aliphatic heterocycles. The number of nitriles is 1. The van der Waals surface area contributed by atoms with Gasteiger partial charge >= 0.3 is 0 Å². The molecule has 2 saturated heterocycles. The van der Waals surface area contributed by atoms with Gasteiger partial charge < -0.3 is 9.80 Å². The van der Waals surface area contributed by atoms with Crippen LogP contribution < -0.4 is 15.4 Å². The fraction of sp³-hybridized carbons (Fsp3) is 0.529. The number of aromatic nitrogens is 1. The Morgan fingerprint density at radius 1 is 0.932 bits per heavy atom. The van der Waals surface area contributed by atoms with Crippen LogP contribution in [0.15, 0.2) is 34.0 Å². The second-order valence-corrected chi connectivity index (χ2v) is 13.4. The third-order valence-corrected chi connectivity index (χ3v) is 10.0. The highest BCUT2D eigenvalue weighted by atomic mass is 32.2. The van der Waals surface area contributed by atoms with E-state index in [1.807, 2.05) is 6.08 Å². The number of hydrogen-bond acceptors (Lipinski definition) is 7. The quantitative estimate of drug-likeness (QED) is 0.124. The van der Waals surface area contributed by atoms with Gasteiger partial charge in [0.1, 0.15) is 27.6 Å². The number of hydrogen-bond donors (Lipinski definition) is 0. The molecular formula is C34H44FN5O2S2. The van der Waals surface area contributed by atoms with E-state index in [-0.39, 0.29) is 22.8 Å². The average molecular weight is 638 g/mol. The van der Waals surface area contributed by atoms with Crippen LogP contribution in [0, 0.1) is 24.1 Å². The predicted molar refractivity (Wildman–Crippen MR) is 184 cm³/mol. The largest absolute Gasteiger partial charge is 0.368 e. The maximum Gasteiger partial charge on any atom is 0.270 e. The molecule has 10 heteroatoms. The standard InChI is InChI=1S/C34H44FN5O2S2/c1-4-5-6-7-8-9-10-11-12-13-18-40-33(42)30(44-34(40)43)23-28-25(2)29(24-36)32(41)37(3)31(28)39-21-19-38(20-22-39)27-16-14-26(35)15-17-27/h14-17,23H,4-13,18-22H2,1-3H3/b30-23-. The van der Waals surface area contributed by atoms with E-state index < -0.39 is 0 Å². The number of amides is 1. The molecule has 2 fully saturated rings. The van der Waals surface area contributed by atoms with Gasteiger partial charge in [-0.15, -0.1) is 0 Å². The lowest BCUT2D eigenvalue weighted by Gasteiger charge is -2.38. The number of halogens is 1. The Labute approximate surface area is 270 Å². The van der Waals surface area contributed by atoms with Crippen LogP contribution in [0.2, 0.25) is 0 Å². The Morgan fingerprint density at radius 2 is 1.50 bits per heavy atom. The summed E-state index contributed by atoms with van der Waals surface area (Å²) in [6.45, 7) is 7.22. The molecule has 2 aliphatic rings. The van der Waals surface area contributed by atoms with Gasteiger partial charge in [-0.3, -0.25) is 19.1 Å². The first-order valence-electron chi connectivity index (χ1n) is 15.9. The van der Waals surface area contributed by atoms with E-state index in [0.717, 1.165) is 18.5 Å². The van der Waals surface area contributed by atoms with E-state index in [1.54, 1.807) is 31.0 Å². The van der Waals surface area contributed by atoms with Crippen LogP contribution in [0.3, 0.4) is 0 Å². The summed E-state index contributed by atoms with van der Waals surface area (Å²) in [5.41, 5.74) is 1.92. The number of anilines is 2. The molecule has 0 saturated carbocycles. The highest BCUT2D eigenvalue weighted by Crippen LogP contribution is 2.36. The molecule has 2 aromatic rings. The third kappa shape index (κ3) is 8.10. The normalized spacial score (nSPS) is 16.3. The molecule has 0 radical (unpaired) electrons. The molecule has 0 N–H and O–H groups in total. The summed E-state index contributed by atoms with van der Waals surface area (Å²) in [4.78, 5) is 33.2. The van der Waals surface area contributed by atoms with Gasteiger partial charge in [-0.1, -0.05) is 88.7 Å². The van der Waals surface area contributed by atoms with Crippen LogP contribution in [0.5, 0.6) is 0 Å². The average Bonchev–Trinajstić information content (AvgIpc) is 3.29. The van der Waals surface area contributed by atoms with Gasteiger partial charge in [-0.05, 0) is 49.2 Å². The maximum absolute atomic E-state index is 13.5. The molecule has 3 heterocycles. The predicted octanol–water partition coefficient (Wildman–Crippen LogP) is 7.15. The maximum atomic E-state index is 13.5. The van der Waals surface area contributed by atoms with Crippen molar-refractivity contribution in [1.29, 1.82) is 5.26 Å². The van der Waals surface area contributed by atoms with Crippen LogP contribution >= 0.6 is 24.0 Å². The molecule has 0 unspecified atom stereocenters. The van der Waals surface area contributed by atoms with Crippen molar-refractivity contribution in [3.8, 4) is 6.07 Å². The minimum absolute atomic E-state index is 0.0771. The summed E-state index contributed by atoms with van der Waals surface area (Å²) in [5, 5.41) is 9.82. The van der Waals surface area contributed by atoms with Crippen LogP contribution in [-0.2, 0) is 11.8 Å². The fourth-order valence-electron chi connectivity index (χ4n) is 6.00. The second kappa shape index (κ2) is 16.2. The van der Waals surface area contributed by atoms with Gasteiger partial charge in [0.05, 0.1) is 4.91 Å². The number of thioether (sulfide) groups is 1. The zero-order valence-electron chi connectivity index (χ0n) is 26.2. The van der Waals surface area contributed by atoms with Gasteiger partial charge in [0.25, 0.3) is 11.5 Å². The number of nitrogens with zero attached hydrogens (tertiary/aromatic N) is 5. The van der Waals surface area contributed by atoms with Gasteiger partial charge in [-0.2, -0.15) is 5.26 Å². The molecule has 0 bridgehead atoms. The number of benzene rings is 1. The summed E-state index contributed by atoms with van der Waals surface area (Å²) in [6.07, 6.45) is 14.1. The summed E-state index contributed by atoms with van der Waals surface area (Å²) >= 11 is 6.90. The summed E-state index contributed by atoms with van der Waals surface area (Å²) < 4.78 is 15.5. The minimum Gasteiger partial charge on any atom is -0.368 e. The third-order valence-electron chi connectivity index (χ3n) is 8.62. The van der Waals surface area contributed by atoms with Crippen LogP contribution in [0.1, 0.15) is 87.8 Å². The Morgan fingerprint density at radius 3 is 2.09 bits per heavy atom. The van der Waals surface area contributed by atoms with Crippen molar-refractivity contribution >= 4 is 51.8 Å². The van der Waals surface area contributed by atoms with Gasteiger partial charge in [-0.25, -0.2) is 4.39 Å². The number of carbonyl (C=O) groups excluding carboxylic acids is 1. The number of rotatable bonds is 14. The van der Waals surface area contributed by atoms with Crippen molar-refractivity contribution in [2.75, 3.05) is 42.5 Å². The molecule has 44 heavy (non-hydrogen) atoms. The molecule has 7 nitrogen and oxygen atoms in total. The number of pyridine rings is 1. The van der Waals surface area contributed by atoms with E-state index in [0.29, 0.717) is 58.9 Å². The Hall–Kier alpha value is -3.16. The SMILES string of the molecule is CCCCCCCCCCCCN1C(=O)/C(=C/c2c(C)c(C#N)c(=O)n(C)c2N2CCN(c3ccc(F)cc3)CC2)SC1=S. The molecular weight excluding hydrogens is 594 g/mol. The topological polar surface area (TPSA) is 72.6 Å². The van der Waals surface area contributed by atoms with Crippen LogP contribution in [-0.4, -0.2) is 52.4 Å². The lowest BCUT2D eigenvalue weighted by Crippen LogP contribution is -2.48. The number of carbonyl (C=O) groups is 1. The highest BCUT2D eigenvalue weighted by Gasteiger charge is 2.33. The second-order valence-electron chi connectivity index (χ2n) is 11.7. The first kappa shape index (κ1) is 33.7. The van der Waals surface area contributed by atoms with Crippen molar-refractivity contribution in [3.63, 3.8) is 0 Å². The molecule has 0 atom stereocenters. The van der Waals surface area contributed by atoms with Gasteiger partial charge in [0, 0.05) is 51.0 Å². The van der Waals surface area contributed by atoms with Crippen LogP contribution in [0.25, 0.3) is 6.08 Å². The number of thiocarbonyl (C=S) groups is 1. The lowest BCUT2D eigenvalue weighted by molar-refractivity contribution is -0.122.